The molecule has 2 aliphatic carbocycles. The first-order valence-electron chi connectivity index (χ1n) is 8.83. The molecular formula is C21H10F6S2. The van der Waals surface area contributed by atoms with Crippen molar-refractivity contribution in [3.05, 3.63) is 70.8 Å². The number of halogens is 6. The molecule has 2 heterocycles. The van der Waals surface area contributed by atoms with E-state index in [1.165, 1.54) is 23.5 Å². The quantitative estimate of drug-likeness (QED) is 0.415. The summed E-state index contributed by atoms with van der Waals surface area (Å²) in [5.41, 5.74) is -1.82. The summed E-state index contributed by atoms with van der Waals surface area (Å²) < 4.78 is 88.9. The molecule has 29 heavy (non-hydrogen) atoms. The van der Waals surface area contributed by atoms with Gasteiger partial charge in [-0.05, 0) is 34.4 Å². The molecule has 0 amide bonds. The van der Waals surface area contributed by atoms with Gasteiger partial charge in [-0.15, -0.1) is 23.5 Å². The summed E-state index contributed by atoms with van der Waals surface area (Å²) in [4.78, 5) is 1.29. The molecular weight excluding hydrogens is 430 g/mol. The molecule has 4 aliphatic rings. The summed E-state index contributed by atoms with van der Waals surface area (Å²) in [5, 5.41) is -1.26. The van der Waals surface area contributed by atoms with Gasteiger partial charge in [-0.25, -0.2) is 0 Å². The van der Waals surface area contributed by atoms with Gasteiger partial charge < -0.3 is 0 Å². The molecule has 1 saturated carbocycles. The maximum atomic E-state index is 15.0. The molecule has 2 aliphatic heterocycles. The van der Waals surface area contributed by atoms with E-state index in [9.17, 15) is 26.3 Å². The monoisotopic (exact) mass is 440 g/mol. The summed E-state index contributed by atoms with van der Waals surface area (Å²) >= 11 is 2.56. The smallest absolute Gasteiger partial charge is 0.194 e. The molecule has 2 atom stereocenters. The number of alkyl halides is 6. The SMILES string of the molecule is FC1(F)C2=C3c4ccccc4S[C@H]3[C@@H]3Sc4ccccc4C3=C2C(F)(F)C1(F)F. The number of hydrogen-bond donors (Lipinski definition) is 0. The van der Waals surface area contributed by atoms with E-state index >= 15 is 0 Å². The molecule has 0 unspecified atom stereocenters. The van der Waals surface area contributed by atoms with E-state index in [0.29, 0.717) is 20.9 Å². The lowest BCUT2D eigenvalue weighted by Gasteiger charge is -2.30. The number of benzene rings is 2. The third-order valence-electron chi connectivity index (χ3n) is 5.91. The lowest BCUT2D eigenvalue weighted by molar-refractivity contribution is -0.257. The van der Waals surface area contributed by atoms with Crippen LogP contribution in [0.25, 0.3) is 11.1 Å². The molecule has 0 spiro atoms. The molecule has 0 N–H and O–H groups in total. The van der Waals surface area contributed by atoms with E-state index in [4.69, 9.17) is 0 Å². The van der Waals surface area contributed by atoms with Gasteiger partial charge in [0.25, 0.3) is 0 Å². The molecule has 2 aromatic rings. The Morgan fingerprint density at radius 3 is 1.38 bits per heavy atom. The Bertz CT molecular complexity index is 1070. The van der Waals surface area contributed by atoms with Gasteiger partial charge in [0.2, 0.25) is 0 Å². The minimum Gasteiger partial charge on any atom is -0.194 e. The average Bonchev–Trinajstić information content (AvgIpc) is 3.27. The van der Waals surface area contributed by atoms with Crippen LogP contribution in [0.4, 0.5) is 26.3 Å². The lowest BCUT2D eigenvalue weighted by atomic mass is 9.80. The average molecular weight is 440 g/mol. The highest BCUT2D eigenvalue weighted by molar-refractivity contribution is 8.05. The van der Waals surface area contributed by atoms with Gasteiger partial charge in [0.1, 0.15) is 0 Å². The van der Waals surface area contributed by atoms with Crippen molar-refractivity contribution in [3.8, 4) is 0 Å². The fourth-order valence-corrected chi connectivity index (χ4v) is 7.74. The molecule has 1 fully saturated rings. The second-order valence-corrected chi connectivity index (χ2v) is 9.74. The third kappa shape index (κ3) is 1.89. The molecule has 0 aromatic heterocycles. The predicted octanol–water partition coefficient (Wildman–Crippen LogP) is 6.78. The standard InChI is InChI=1S/C21H10F6S2/c22-19(23)15-13-9-5-1-3-7-11(9)28-17(13)18-14(10-6-2-4-8-12(10)29-18)16(15)20(24,25)21(19,26)27/h1-8,17-18H/t17-,18-/m1/s1. The summed E-state index contributed by atoms with van der Waals surface area (Å²) in [6, 6.07) is 13.2. The normalized spacial score (nSPS) is 29.3. The Kier molecular flexibility index (Phi) is 3.27. The van der Waals surface area contributed by atoms with Crippen molar-refractivity contribution >= 4 is 34.7 Å². The molecule has 0 saturated heterocycles. The van der Waals surface area contributed by atoms with E-state index in [-0.39, 0.29) is 11.1 Å². The molecule has 0 radical (unpaired) electrons. The summed E-state index contributed by atoms with van der Waals surface area (Å²) in [6.45, 7) is 0. The largest absolute Gasteiger partial charge is 0.380 e. The highest BCUT2D eigenvalue weighted by Crippen LogP contribution is 2.71. The van der Waals surface area contributed by atoms with Crippen molar-refractivity contribution in [1.82, 2.24) is 0 Å². The second-order valence-electron chi connectivity index (χ2n) is 7.37. The van der Waals surface area contributed by atoms with Gasteiger partial charge in [-0.3, -0.25) is 0 Å². The van der Waals surface area contributed by atoms with Crippen LogP contribution >= 0.6 is 23.5 Å². The van der Waals surface area contributed by atoms with E-state index in [2.05, 4.69) is 0 Å². The molecule has 0 bridgehead atoms. The maximum Gasteiger partial charge on any atom is 0.380 e. The first kappa shape index (κ1) is 18.0. The van der Waals surface area contributed by atoms with Crippen LogP contribution in [-0.4, -0.2) is 28.3 Å². The zero-order valence-electron chi connectivity index (χ0n) is 14.4. The van der Waals surface area contributed by atoms with Crippen molar-refractivity contribution in [2.24, 2.45) is 0 Å². The van der Waals surface area contributed by atoms with Crippen LogP contribution in [-0.2, 0) is 0 Å². The molecule has 6 rings (SSSR count). The first-order valence-corrected chi connectivity index (χ1v) is 10.6. The summed E-state index contributed by atoms with van der Waals surface area (Å²) in [6.07, 6.45) is 0. The van der Waals surface area contributed by atoms with Gasteiger partial charge >= 0.3 is 17.8 Å². The Morgan fingerprint density at radius 2 is 0.966 bits per heavy atom. The molecule has 2 aromatic carbocycles. The zero-order chi connectivity index (χ0) is 20.3. The first-order chi connectivity index (χ1) is 13.7. The van der Waals surface area contributed by atoms with Crippen LogP contribution in [0.5, 0.6) is 0 Å². The highest BCUT2D eigenvalue weighted by Gasteiger charge is 2.83. The maximum absolute atomic E-state index is 15.0. The molecule has 0 nitrogen and oxygen atoms in total. The number of rotatable bonds is 0. The minimum atomic E-state index is -5.49. The topological polar surface area (TPSA) is 0 Å². The molecule has 8 heteroatoms. The van der Waals surface area contributed by atoms with Crippen molar-refractivity contribution in [2.75, 3.05) is 0 Å². The fourth-order valence-electron chi connectivity index (χ4n) is 4.69. The Hall–Kier alpha value is -1.80. The van der Waals surface area contributed by atoms with Gasteiger partial charge in [0.15, 0.2) is 0 Å². The Balaban J connectivity index is 1.78. The van der Waals surface area contributed by atoms with Crippen LogP contribution in [0.15, 0.2) is 69.5 Å². The van der Waals surface area contributed by atoms with Gasteiger partial charge in [0, 0.05) is 20.9 Å². The highest BCUT2D eigenvalue weighted by atomic mass is 32.2. The third-order valence-corrected chi connectivity index (χ3v) is 8.83. The van der Waals surface area contributed by atoms with Crippen molar-refractivity contribution in [2.45, 2.75) is 38.1 Å². The Labute approximate surface area is 170 Å². The summed E-state index contributed by atoms with van der Waals surface area (Å²) in [5.74, 6) is -15.4. The number of thioether (sulfide) groups is 2. The van der Waals surface area contributed by atoms with Crippen molar-refractivity contribution in [1.29, 1.82) is 0 Å². The second kappa shape index (κ2) is 5.27. The minimum absolute atomic E-state index is 0.0727. The Morgan fingerprint density at radius 1 is 0.586 bits per heavy atom. The van der Waals surface area contributed by atoms with Crippen LogP contribution in [0, 0.1) is 0 Å². The van der Waals surface area contributed by atoms with E-state index in [1.54, 1.807) is 48.5 Å². The number of fused-ring (bicyclic) bond motifs is 8. The van der Waals surface area contributed by atoms with Gasteiger partial charge in [0.05, 0.1) is 10.5 Å². The lowest BCUT2D eigenvalue weighted by Crippen LogP contribution is -2.47. The fraction of sp³-hybridized carbons (Fsp3) is 0.238. The van der Waals surface area contributed by atoms with E-state index < -0.39 is 39.4 Å². The van der Waals surface area contributed by atoms with E-state index in [0.717, 1.165) is 0 Å². The van der Waals surface area contributed by atoms with Crippen LogP contribution in [0.3, 0.4) is 0 Å². The van der Waals surface area contributed by atoms with Crippen LogP contribution < -0.4 is 0 Å². The summed E-state index contributed by atoms with van der Waals surface area (Å²) in [7, 11) is 0. The molecule has 148 valence electrons. The van der Waals surface area contributed by atoms with Gasteiger partial charge in [-0.2, -0.15) is 26.3 Å². The predicted molar refractivity (Wildman–Crippen MR) is 101 cm³/mol. The van der Waals surface area contributed by atoms with Crippen molar-refractivity contribution < 1.29 is 26.3 Å². The van der Waals surface area contributed by atoms with Crippen LogP contribution in [0.2, 0.25) is 0 Å². The number of allylic oxidation sites excluding steroid dienone is 2. The van der Waals surface area contributed by atoms with Gasteiger partial charge in [-0.1, -0.05) is 36.4 Å². The van der Waals surface area contributed by atoms with Crippen molar-refractivity contribution in [3.63, 3.8) is 0 Å². The van der Waals surface area contributed by atoms with E-state index in [1.807, 2.05) is 0 Å². The van der Waals surface area contributed by atoms with Crippen LogP contribution in [0.1, 0.15) is 11.1 Å². The number of hydrogen-bond acceptors (Lipinski definition) is 2. The zero-order valence-corrected chi connectivity index (χ0v) is 16.0.